The molecule has 0 aliphatic heterocycles. The number of hydrogen-bond donors (Lipinski definition) is 0. The molecule has 0 spiro atoms. The summed E-state index contributed by atoms with van der Waals surface area (Å²) >= 11 is 0. The van der Waals surface area contributed by atoms with Crippen molar-refractivity contribution in [2.24, 2.45) is 5.92 Å². The molecule has 1 fully saturated rings. The number of para-hydroxylation sites is 1. The maximum atomic E-state index is 13.5. The molecule has 1 aliphatic rings. The van der Waals surface area contributed by atoms with Crippen molar-refractivity contribution >= 4 is 22.8 Å². The second kappa shape index (κ2) is 10.4. The molecule has 0 amide bonds. The number of rotatable bonds is 7. The van der Waals surface area contributed by atoms with Crippen molar-refractivity contribution in [3.05, 3.63) is 95.7 Å². The molecule has 0 unspecified atom stereocenters. The average molecular weight is 482 g/mol. The quantitative estimate of drug-likeness (QED) is 0.211. The molecule has 1 heterocycles. The van der Waals surface area contributed by atoms with E-state index in [4.69, 9.17) is 9.47 Å². The number of nitrogens with zero attached hydrogens (tertiary/aromatic N) is 1. The molecular weight excluding hydrogens is 450 g/mol. The van der Waals surface area contributed by atoms with E-state index in [1.54, 1.807) is 13.0 Å². The summed E-state index contributed by atoms with van der Waals surface area (Å²) in [6.45, 7) is 3.99. The second-order valence-electron chi connectivity index (χ2n) is 9.38. The Labute approximate surface area is 211 Å². The minimum absolute atomic E-state index is 0.246. The maximum Gasteiger partial charge on any atom is 0.340 e. The molecule has 4 aromatic rings. The summed E-state index contributed by atoms with van der Waals surface area (Å²) in [5.41, 5.74) is 4.08. The van der Waals surface area contributed by atoms with Gasteiger partial charge in [-0.05, 0) is 68.5 Å². The van der Waals surface area contributed by atoms with Crippen molar-refractivity contribution in [3.63, 3.8) is 0 Å². The Morgan fingerprint density at radius 1 is 0.944 bits per heavy atom. The van der Waals surface area contributed by atoms with E-state index in [9.17, 15) is 9.59 Å². The standard InChI is InChI=1S/C31H31NO4/c1-3-35-30(33)28-21(2)32(24-16-8-5-9-17-24)27-19-18-25(20-26(27)28)36-31(34)29(23-14-10-11-15-23)22-12-6-4-7-13-22/h4-9,12-13,16-20,23,29H,3,10-11,14-15H2,1-2H3/t29-/m1/s1. The Morgan fingerprint density at radius 2 is 1.61 bits per heavy atom. The summed E-state index contributed by atoms with van der Waals surface area (Å²) in [5, 5.41) is 0.706. The molecule has 3 aromatic carbocycles. The fraction of sp³-hybridized carbons (Fsp3) is 0.290. The lowest BCUT2D eigenvalue weighted by molar-refractivity contribution is -0.137. The zero-order chi connectivity index (χ0) is 25.1. The highest BCUT2D eigenvalue weighted by Gasteiger charge is 2.33. The monoisotopic (exact) mass is 481 g/mol. The summed E-state index contributed by atoms with van der Waals surface area (Å²) in [6, 6.07) is 25.3. The summed E-state index contributed by atoms with van der Waals surface area (Å²) in [5.74, 6) is -0.220. The Kier molecular flexibility index (Phi) is 6.90. The minimum atomic E-state index is -0.383. The van der Waals surface area contributed by atoms with Crippen molar-refractivity contribution in [1.82, 2.24) is 4.57 Å². The number of aromatic nitrogens is 1. The normalized spacial score (nSPS) is 14.6. The molecule has 0 bridgehead atoms. The number of hydrogen-bond acceptors (Lipinski definition) is 4. The number of carbonyl (C=O) groups excluding carboxylic acids is 2. The molecule has 36 heavy (non-hydrogen) atoms. The van der Waals surface area contributed by atoms with Crippen LogP contribution in [0.4, 0.5) is 0 Å². The number of ether oxygens (including phenoxy) is 2. The number of esters is 2. The SMILES string of the molecule is CCOC(=O)c1c(C)n(-c2ccccc2)c2ccc(OC(=O)[C@H](c3ccccc3)C3CCCC3)cc12. The summed E-state index contributed by atoms with van der Waals surface area (Å²) in [7, 11) is 0. The molecular formula is C31H31NO4. The van der Waals surface area contributed by atoms with Crippen LogP contribution in [0.5, 0.6) is 5.75 Å². The zero-order valence-corrected chi connectivity index (χ0v) is 20.8. The van der Waals surface area contributed by atoms with Gasteiger partial charge >= 0.3 is 11.9 Å². The lowest BCUT2D eigenvalue weighted by atomic mass is 9.85. The van der Waals surface area contributed by atoms with Gasteiger partial charge in [0, 0.05) is 16.8 Å². The molecule has 1 saturated carbocycles. The van der Waals surface area contributed by atoms with Gasteiger partial charge in [-0.15, -0.1) is 0 Å². The minimum Gasteiger partial charge on any atom is -0.462 e. The van der Waals surface area contributed by atoms with Crippen molar-refractivity contribution in [3.8, 4) is 11.4 Å². The van der Waals surface area contributed by atoms with Gasteiger partial charge in [0.2, 0.25) is 0 Å². The maximum absolute atomic E-state index is 13.5. The Morgan fingerprint density at radius 3 is 2.28 bits per heavy atom. The highest BCUT2D eigenvalue weighted by molar-refractivity contribution is 6.07. The second-order valence-corrected chi connectivity index (χ2v) is 9.38. The lowest BCUT2D eigenvalue weighted by Gasteiger charge is -2.22. The van der Waals surface area contributed by atoms with Crippen molar-refractivity contribution in [2.75, 3.05) is 6.61 Å². The van der Waals surface area contributed by atoms with Gasteiger partial charge in [0.15, 0.2) is 0 Å². The van der Waals surface area contributed by atoms with Crippen LogP contribution in [-0.4, -0.2) is 23.1 Å². The Balaban J connectivity index is 1.55. The molecule has 0 N–H and O–H groups in total. The molecule has 1 aliphatic carbocycles. The van der Waals surface area contributed by atoms with Crippen LogP contribution in [0.2, 0.25) is 0 Å². The number of benzene rings is 3. The van der Waals surface area contributed by atoms with Crippen molar-refractivity contribution in [1.29, 1.82) is 0 Å². The smallest absolute Gasteiger partial charge is 0.340 e. The van der Waals surface area contributed by atoms with Crippen molar-refractivity contribution < 1.29 is 19.1 Å². The molecule has 184 valence electrons. The summed E-state index contributed by atoms with van der Waals surface area (Å²) in [6.07, 6.45) is 4.34. The third-order valence-electron chi connectivity index (χ3n) is 7.17. The van der Waals surface area contributed by atoms with Gasteiger partial charge < -0.3 is 14.0 Å². The van der Waals surface area contributed by atoms with Crippen LogP contribution >= 0.6 is 0 Å². The largest absolute Gasteiger partial charge is 0.462 e. The number of carbonyl (C=O) groups is 2. The van der Waals surface area contributed by atoms with E-state index in [1.165, 1.54) is 0 Å². The molecule has 5 nitrogen and oxygen atoms in total. The predicted octanol–water partition coefficient (Wildman–Crippen LogP) is 7.00. The van der Waals surface area contributed by atoms with E-state index in [0.29, 0.717) is 16.7 Å². The van der Waals surface area contributed by atoms with E-state index in [0.717, 1.165) is 48.1 Å². The molecule has 1 atom stereocenters. The first-order valence-electron chi connectivity index (χ1n) is 12.7. The van der Waals surface area contributed by atoms with Gasteiger partial charge in [-0.1, -0.05) is 61.4 Å². The van der Waals surface area contributed by atoms with E-state index < -0.39 is 0 Å². The summed E-state index contributed by atoms with van der Waals surface area (Å²) in [4.78, 5) is 26.5. The van der Waals surface area contributed by atoms with E-state index in [2.05, 4.69) is 0 Å². The van der Waals surface area contributed by atoms with Crippen LogP contribution in [0.1, 0.15) is 60.1 Å². The predicted molar refractivity (Wildman–Crippen MR) is 141 cm³/mol. The van der Waals surface area contributed by atoms with Crippen LogP contribution in [0.15, 0.2) is 78.9 Å². The highest BCUT2D eigenvalue weighted by atomic mass is 16.5. The van der Waals surface area contributed by atoms with E-state index in [-0.39, 0.29) is 30.4 Å². The fourth-order valence-electron chi connectivity index (χ4n) is 5.56. The third kappa shape index (κ3) is 4.53. The van der Waals surface area contributed by atoms with Gasteiger partial charge in [-0.2, -0.15) is 0 Å². The van der Waals surface area contributed by atoms with Crippen molar-refractivity contribution in [2.45, 2.75) is 45.4 Å². The van der Waals surface area contributed by atoms with Crippen LogP contribution < -0.4 is 4.74 Å². The van der Waals surface area contributed by atoms with E-state index >= 15 is 0 Å². The highest BCUT2D eigenvalue weighted by Crippen LogP contribution is 2.39. The van der Waals surface area contributed by atoms with Gasteiger partial charge in [0.05, 0.1) is 23.6 Å². The van der Waals surface area contributed by atoms with Gasteiger partial charge in [-0.25, -0.2) is 4.79 Å². The molecule has 5 rings (SSSR count). The van der Waals surface area contributed by atoms with Crippen LogP contribution in [0, 0.1) is 12.8 Å². The van der Waals surface area contributed by atoms with E-state index in [1.807, 2.05) is 84.3 Å². The molecule has 5 heteroatoms. The fourth-order valence-corrected chi connectivity index (χ4v) is 5.56. The van der Waals surface area contributed by atoms with Gasteiger partial charge in [0.25, 0.3) is 0 Å². The first-order chi connectivity index (χ1) is 17.6. The first-order valence-corrected chi connectivity index (χ1v) is 12.7. The summed E-state index contributed by atoms with van der Waals surface area (Å²) < 4.78 is 13.4. The lowest BCUT2D eigenvalue weighted by Crippen LogP contribution is -2.24. The Bertz CT molecular complexity index is 1370. The number of fused-ring (bicyclic) bond motifs is 1. The molecule has 0 saturated heterocycles. The van der Waals surface area contributed by atoms with Gasteiger partial charge in [0.1, 0.15) is 5.75 Å². The average Bonchev–Trinajstić information content (AvgIpc) is 3.51. The molecule has 0 radical (unpaired) electrons. The first kappa shape index (κ1) is 23.9. The zero-order valence-electron chi connectivity index (χ0n) is 20.8. The van der Waals surface area contributed by atoms with Crippen LogP contribution in [0.25, 0.3) is 16.6 Å². The Hall–Kier alpha value is -3.86. The third-order valence-corrected chi connectivity index (χ3v) is 7.17. The van der Waals surface area contributed by atoms with Gasteiger partial charge in [-0.3, -0.25) is 4.79 Å². The topological polar surface area (TPSA) is 57.5 Å². The van der Waals surface area contributed by atoms with Crippen LogP contribution in [0.3, 0.4) is 0 Å². The van der Waals surface area contributed by atoms with Crippen LogP contribution in [-0.2, 0) is 9.53 Å². The molecule has 1 aromatic heterocycles.